The van der Waals surface area contributed by atoms with Crippen molar-refractivity contribution >= 4 is 24.3 Å². The van der Waals surface area contributed by atoms with Crippen LogP contribution in [0.25, 0.3) is 0 Å². The van der Waals surface area contributed by atoms with Crippen molar-refractivity contribution in [3.8, 4) is 5.75 Å². The molecule has 5 nitrogen and oxygen atoms in total. The molecule has 0 amide bonds. The van der Waals surface area contributed by atoms with Crippen molar-refractivity contribution in [1.82, 2.24) is 0 Å². The van der Waals surface area contributed by atoms with Crippen molar-refractivity contribution in [3.05, 3.63) is 34.4 Å². The van der Waals surface area contributed by atoms with E-state index < -0.39 is 15.6 Å². The van der Waals surface area contributed by atoms with Gasteiger partial charge in [-0.3, -0.25) is 14.9 Å². The highest BCUT2D eigenvalue weighted by Gasteiger charge is 2.28. The van der Waals surface area contributed by atoms with Crippen LogP contribution in [0, 0.1) is 10.1 Å². The van der Waals surface area contributed by atoms with Gasteiger partial charge in [-0.1, -0.05) is 6.92 Å². The molecule has 0 bridgehead atoms. The quantitative estimate of drug-likeness (QED) is 0.295. The fourth-order valence-electron chi connectivity index (χ4n) is 0.997. The van der Waals surface area contributed by atoms with E-state index in [9.17, 15) is 14.9 Å². The SMILES string of the molecule is CCC(C)(S)C(=O)Oc1ccc([N+](=O)[O-])cc1. The molecule has 17 heavy (non-hydrogen) atoms. The molecule has 1 aromatic rings. The predicted molar refractivity (Wildman–Crippen MR) is 66.4 cm³/mol. The smallest absolute Gasteiger partial charge is 0.327 e. The van der Waals surface area contributed by atoms with Crippen LogP contribution in [0.3, 0.4) is 0 Å². The first-order valence-corrected chi connectivity index (χ1v) is 5.50. The van der Waals surface area contributed by atoms with Crippen molar-refractivity contribution < 1.29 is 14.5 Å². The zero-order valence-electron chi connectivity index (χ0n) is 9.54. The van der Waals surface area contributed by atoms with E-state index in [-0.39, 0.29) is 11.4 Å². The summed E-state index contributed by atoms with van der Waals surface area (Å²) in [6, 6.07) is 5.33. The van der Waals surface area contributed by atoms with Crippen LogP contribution in [0.1, 0.15) is 20.3 Å². The maximum Gasteiger partial charge on any atom is 0.327 e. The summed E-state index contributed by atoms with van der Waals surface area (Å²) in [4.78, 5) is 21.6. The minimum atomic E-state index is -0.859. The average Bonchev–Trinajstić information content (AvgIpc) is 2.29. The molecule has 6 heteroatoms. The van der Waals surface area contributed by atoms with E-state index >= 15 is 0 Å². The second kappa shape index (κ2) is 5.18. The van der Waals surface area contributed by atoms with Crippen molar-refractivity contribution in [1.29, 1.82) is 0 Å². The number of benzene rings is 1. The summed E-state index contributed by atoms with van der Waals surface area (Å²) < 4.78 is 4.21. The minimum absolute atomic E-state index is 0.0473. The monoisotopic (exact) mass is 255 g/mol. The Labute approximate surface area is 104 Å². The number of ether oxygens (including phenoxy) is 1. The number of rotatable bonds is 4. The number of esters is 1. The van der Waals surface area contributed by atoms with Crippen LogP contribution in [-0.2, 0) is 4.79 Å². The highest BCUT2D eigenvalue weighted by atomic mass is 32.1. The Morgan fingerprint density at radius 3 is 2.41 bits per heavy atom. The molecule has 1 atom stereocenters. The van der Waals surface area contributed by atoms with E-state index in [1.807, 2.05) is 6.92 Å². The molecule has 0 radical (unpaired) electrons. The second-order valence-electron chi connectivity index (χ2n) is 3.77. The topological polar surface area (TPSA) is 69.4 Å². The third-order valence-electron chi connectivity index (χ3n) is 2.39. The third-order valence-corrected chi connectivity index (χ3v) is 2.89. The number of nitrogens with zero attached hydrogens (tertiary/aromatic N) is 1. The largest absolute Gasteiger partial charge is 0.426 e. The predicted octanol–water partition coefficient (Wildman–Crippen LogP) is 2.60. The Morgan fingerprint density at radius 1 is 1.47 bits per heavy atom. The van der Waals surface area contributed by atoms with E-state index in [1.54, 1.807) is 6.92 Å². The molecule has 0 spiro atoms. The fourth-order valence-corrected chi connectivity index (χ4v) is 1.04. The molecule has 0 saturated carbocycles. The summed E-state index contributed by atoms with van der Waals surface area (Å²) in [7, 11) is 0. The zero-order valence-corrected chi connectivity index (χ0v) is 10.4. The van der Waals surface area contributed by atoms with Crippen molar-refractivity contribution in [2.24, 2.45) is 0 Å². The van der Waals surface area contributed by atoms with Crippen LogP contribution >= 0.6 is 12.6 Å². The van der Waals surface area contributed by atoms with Gasteiger partial charge in [0, 0.05) is 12.1 Å². The second-order valence-corrected chi connectivity index (χ2v) is 4.75. The summed E-state index contributed by atoms with van der Waals surface area (Å²) in [6.45, 7) is 3.48. The van der Waals surface area contributed by atoms with E-state index in [2.05, 4.69) is 12.6 Å². The fraction of sp³-hybridized carbons (Fsp3) is 0.364. The Bertz CT molecular complexity index is 428. The van der Waals surface area contributed by atoms with Gasteiger partial charge in [0.05, 0.1) is 4.92 Å². The van der Waals surface area contributed by atoms with Gasteiger partial charge in [0.2, 0.25) is 0 Å². The van der Waals surface area contributed by atoms with E-state index in [4.69, 9.17) is 4.74 Å². The molecular weight excluding hydrogens is 242 g/mol. The molecule has 0 aliphatic heterocycles. The summed E-state index contributed by atoms with van der Waals surface area (Å²) in [5.41, 5.74) is -0.0473. The molecule has 0 aromatic heterocycles. The lowest BCUT2D eigenvalue weighted by Crippen LogP contribution is -2.32. The Morgan fingerprint density at radius 2 is 2.00 bits per heavy atom. The molecule has 0 N–H and O–H groups in total. The first-order chi connectivity index (χ1) is 7.86. The first-order valence-electron chi connectivity index (χ1n) is 5.06. The normalized spacial score (nSPS) is 13.8. The van der Waals surface area contributed by atoms with Crippen LogP contribution in [0.5, 0.6) is 5.75 Å². The molecular formula is C11H13NO4S. The summed E-state index contributed by atoms with van der Waals surface area (Å²) in [5, 5.41) is 10.4. The van der Waals surface area contributed by atoms with Crippen molar-refractivity contribution in [3.63, 3.8) is 0 Å². The number of nitro groups is 1. The Balaban J connectivity index is 2.76. The molecule has 92 valence electrons. The van der Waals surface area contributed by atoms with E-state index in [1.165, 1.54) is 24.3 Å². The van der Waals surface area contributed by atoms with Crippen LogP contribution < -0.4 is 4.74 Å². The van der Waals surface area contributed by atoms with Gasteiger partial charge in [-0.25, -0.2) is 0 Å². The van der Waals surface area contributed by atoms with Gasteiger partial charge in [-0.2, -0.15) is 12.6 Å². The molecule has 0 aliphatic rings. The average molecular weight is 255 g/mol. The van der Waals surface area contributed by atoms with Crippen LogP contribution in [-0.4, -0.2) is 15.6 Å². The number of thiol groups is 1. The highest BCUT2D eigenvalue weighted by Crippen LogP contribution is 2.23. The number of nitro benzene ring substituents is 1. The number of hydrogen-bond acceptors (Lipinski definition) is 5. The molecule has 0 aliphatic carbocycles. The van der Waals surface area contributed by atoms with Crippen molar-refractivity contribution in [2.45, 2.75) is 25.0 Å². The molecule has 1 rings (SSSR count). The molecule has 0 fully saturated rings. The van der Waals surface area contributed by atoms with Gasteiger partial charge in [0.15, 0.2) is 0 Å². The number of hydrogen-bond donors (Lipinski definition) is 1. The number of carbonyl (C=O) groups excluding carboxylic acids is 1. The summed E-state index contributed by atoms with van der Waals surface area (Å²) in [5.74, 6) is -0.202. The van der Waals surface area contributed by atoms with Crippen LogP contribution in [0.15, 0.2) is 24.3 Å². The van der Waals surface area contributed by atoms with Crippen LogP contribution in [0.4, 0.5) is 5.69 Å². The zero-order chi connectivity index (χ0) is 13.1. The van der Waals surface area contributed by atoms with Gasteiger partial charge in [0.1, 0.15) is 10.5 Å². The van der Waals surface area contributed by atoms with E-state index in [0.717, 1.165) is 0 Å². The van der Waals surface area contributed by atoms with E-state index in [0.29, 0.717) is 6.42 Å². The lowest BCUT2D eigenvalue weighted by atomic mass is 10.1. The number of carbonyl (C=O) groups is 1. The van der Waals surface area contributed by atoms with Gasteiger partial charge in [-0.15, -0.1) is 0 Å². The maximum atomic E-state index is 11.7. The Hall–Kier alpha value is -1.56. The Kier molecular flexibility index (Phi) is 4.11. The third kappa shape index (κ3) is 3.45. The number of non-ortho nitro benzene ring substituents is 1. The maximum absolute atomic E-state index is 11.7. The highest BCUT2D eigenvalue weighted by molar-refractivity contribution is 7.82. The van der Waals surface area contributed by atoms with Crippen molar-refractivity contribution in [2.75, 3.05) is 0 Å². The van der Waals surface area contributed by atoms with Gasteiger partial charge < -0.3 is 4.74 Å². The van der Waals surface area contributed by atoms with Crippen LogP contribution in [0.2, 0.25) is 0 Å². The van der Waals surface area contributed by atoms with Gasteiger partial charge >= 0.3 is 5.97 Å². The molecule has 1 unspecified atom stereocenters. The summed E-state index contributed by atoms with van der Waals surface area (Å²) in [6.07, 6.45) is 0.530. The molecule has 0 heterocycles. The summed E-state index contributed by atoms with van der Waals surface area (Å²) >= 11 is 4.18. The van der Waals surface area contributed by atoms with Gasteiger partial charge in [-0.05, 0) is 25.5 Å². The standard InChI is InChI=1S/C11H13NO4S/c1-3-11(2,17)10(13)16-9-6-4-8(5-7-9)12(14)15/h4-7,17H,3H2,1-2H3. The lowest BCUT2D eigenvalue weighted by Gasteiger charge is -2.18. The first kappa shape index (κ1) is 13.5. The lowest BCUT2D eigenvalue weighted by molar-refractivity contribution is -0.384. The molecule has 0 saturated heterocycles. The molecule has 1 aromatic carbocycles. The van der Waals surface area contributed by atoms with Gasteiger partial charge in [0.25, 0.3) is 5.69 Å². The minimum Gasteiger partial charge on any atom is -0.426 e.